The van der Waals surface area contributed by atoms with Crippen LogP contribution in [0.25, 0.3) is 0 Å². The van der Waals surface area contributed by atoms with Gasteiger partial charge in [0.2, 0.25) is 5.91 Å². The first-order valence-electron chi connectivity index (χ1n) is 9.41. The Balaban J connectivity index is 1.47. The zero-order valence-electron chi connectivity index (χ0n) is 15.7. The lowest BCUT2D eigenvalue weighted by molar-refractivity contribution is -0.140. The van der Waals surface area contributed by atoms with E-state index in [1.54, 1.807) is 12.0 Å². The topological polar surface area (TPSA) is 104 Å². The molecule has 3 heterocycles. The average Bonchev–Trinajstić information content (AvgIpc) is 2.70. The van der Waals surface area contributed by atoms with Gasteiger partial charge in [-0.3, -0.25) is 14.6 Å². The number of amides is 1. The lowest BCUT2D eigenvalue weighted by Crippen LogP contribution is -2.49. The molecule has 0 radical (unpaired) electrons. The molecule has 8 heteroatoms. The molecule has 0 bridgehead atoms. The fourth-order valence-corrected chi connectivity index (χ4v) is 4.16. The van der Waals surface area contributed by atoms with Crippen molar-refractivity contribution in [2.45, 2.75) is 31.3 Å². The molecule has 8 nitrogen and oxygen atoms in total. The fraction of sp³-hybridized carbons (Fsp3) is 0.450. The number of methoxy groups -OCH3 is 1. The third-order valence-corrected chi connectivity index (χ3v) is 5.71. The molecule has 0 unspecified atom stereocenters. The highest BCUT2D eigenvalue weighted by Gasteiger charge is 2.41. The summed E-state index contributed by atoms with van der Waals surface area (Å²) in [7, 11) is 1.66. The summed E-state index contributed by atoms with van der Waals surface area (Å²) in [4.78, 5) is 41.9. The molecule has 1 fully saturated rings. The number of nitrogens with one attached hydrogen (secondary N) is 2. The Morgan fingerprint density at radius 3 is 2.79 bits per heavy atom. The van der Waals surface area contributed by atoms with Crippen molar-refractivity contribution >= 4 is 5.91 Å². The van der Waals surface area contributed by atoms with E-state index in [1.807, 2.05) is 6.07 Å². The summed E-state index contributed by atoms with van der Waals surface area (Å²) in [6.07, 6.45) is 3.54. The van der Waals surface area contributed by atoms with Crippen molar-refractivity contribution in [3.8, 4) is 5.75 Å². The van der Waals surface area contributed by atoms with E-state index in [2.05, 4.69) is 22.1 Å². The standard InChI is InChI=1S/C20H23N3O5/c1-27-15-2-3-16-13(10-15)4-9-28-20(16)5-7-23(8-6-20)17(24)11-14-12-21-19(26)22-18(14)25/h2-3,10,12H,4-9,11H2,1H3,(H2,21,22,25,26). The van der Waals surface area contributed by atoms with Crippen LogP contribution in [0.15, 0.2) is 34.0 Å². The summed E-state index contributed by atoms with van der Waals surface area (Å²) in [5, 5.41) is 0. The lowest BCUT2D eigenvalue weighted by atomic mass is 9.79. The Bertz CT molecular complexity index is 1000. The molecule has 0 aliphatic carbocycles. The number of piperidine rings is 1. The van der Waals surface area contributed by atoms with Gasteiger partial charge in [0.05, 0.1) is 25.7 Å². The summed E-state index contributed by atoms with van der Waals surface area (Å²) in [6, 6.07) is 6.10. The number of hydrogen-bond acceptors (Lipinski definition) is 5. The second kappa shape index (κ2) is 7.27. The first kappa shape index (κ1) is 18.5. The maximum atomic E-state index is 12.6. The van der Waals surface area contributed by atoms with E-state index >= 15 is 0 Å². The molecule has 4 rings (SSSR count). The van der Waals surface area contributed by atoms with E-state index in [0.29, 0.717) is 32.5 Å². The van der Waals surface area contributed by atoms with E-state index < -0.39 is 11.2 Å². The molecule has 28 heavy (non-hydrogen) atoms. The predicted molar refractivity (Wildman–Crippen MR) is 102 cm³/mol. The van der Waals surface area contributed by atoms with Gasteiger partial charge in [0.15, 0.2) is 0 Å². The average molecular weight is 385 g/mol. The number of aromatic nitrogens is 2. The largest absolute Gasteiger partial charge is 0.497 e. The molecule has 1 spiro atoms. The minimum Gasteiger partial charge on any atom is -0.497 e. The summed E-state index contributed by atoms with van der Waals surface area (Å²) in [5.74, 6) is 0.715. The Morgan fingerprint density at radius 1 is 1.29 bits per heavy atom. The van der Waals surface area contributed by atoms with Gasteiger partial charge in [0.25, 0.3) is 5.56 Å². The summed E-state index contributed by atoms with van der Waals surface area (Å²) in [6.45, 7) is 1.78. The van der Waals surface area contributed by atoms with Crippen LogP contribution in [0.4, 0.5) is 0 Å². The number of nitrogens with zero attached hydrogens (tertiary/aromatic N) is 1. The van der Waals surface area contributed by atoms with Crippen LogP contribution in [0.5, 0.6) is 5.75 Å². The van der Waals surface area contributed by atoms with Gasteiger partial charge in [0.1, 0.15) is 5.75 Å². The molecular weight excluding hydrogens is 362 g/mol. The molecule has 1 amide bonds. The number of carbonyl (C=O) groups is 1. The third kappa shape index (κ3) is 3.35. The highest BCUT2D eigenvalue weighted by atomic mass is 16.5. The van der Waals surface area contributed by atoms with Crippen molar-refractivity contribution in [3.63, 3.8) is 0 Å². The number of fused-ring (bicyclic) bond motifs is 2. The van der Waals surface area contributed by atoms with Gasteiger partial charge in [-0.2, -0.15) is 0 Å². The summed E-state index contributed by atoms with van der Waals surface area (Å²) in [5.41, 5.74) is 1.21. The van der Waals surface area contributed by atoms with Gasteiger partial charge in [-0.1, -0.05) is 6.07 Å². The van der Waals surface area contributed by atoms with Gasteiger partial charge >= 0.3 is 5.69 Å². The molecule has 0 saturated carbocycles. The van der Waals surface area contributed by atoms with Crippen molar-refractivity contribution in [1.29, 1.82) is 0 Å². The number of ether oxygens (including phenoxy) is 2. The molecule has 1 saturated heterocycles. The molecule has 0 atom stereocenters. The highest BCUT2D eigenvalue weighted by Crippen LogP contribution is 2.42. The van der Waals surface area contributed by atoms with Crippen LogP contribution < -0.4 is 16.0 Å². The Hall–Kier alpha value is -2.87. The number of H-pyrrole nitrogens is 2. The molecule has 2 aliphatic heterocycles. The van der Waals surface area contributed by atoms with Crippen LogP contribution >= 0.6 is 0 Å². The third-order valence-electron chi connectivity index (χ3n) is 5.71. The van der Waals surface area contributed by atoms with E-state index in [9.17, 15) is 14.4 Å². The highest BCUT2D eigenvalue weighted by molar-refractivity contribution is 5.78. The van der Waals surface area contributed by atoms with Crippen LogP contribution in [0.3, 0.4) is 0 Å². The van der Waals surface area contributed by atoms with Crippen LogP contribution in [0.1, 0.15) is 29.5 Å². The maximum absolute atomic E-state index is 12.6. The Kier molecular flexibility index (Phi) is 4.80. The van der Waals surface area contributed by atoms with E-state index in [1.165, 1.54) is 17.3 Å². The number of carbonyl (C=O) groups excluding carboxylic acids is 1. The van der Waals surface area contributed by atoms with Crippen LogP contribution in [-0.2, 0) is 28.0 Å². The molecule has 2 N–H and O–H groups in total. The molecule has 2 aromatic rings. The first-order chi connectivity index (χ1) is 13.5. The Labute approximate surface area is 161 Å². The number of likely N-dealkylation sites (tertiary alicyclic amines) is 1. The number of rotatable bonds is 3. The number of benzene rings is 1. The summed E-state index contributed by atoms with van der Waals surface area (Å²) >= 11 is 0. The quantitative estimate of drug-likeness (QED) is 0.810. The van der Waals surface area contributed by atoms with Gasteiger partial charge < -0.3 is 19.4 Å². The van der Waals surface area contributed by atoms with Crippen molar-refractivity contribution in [3.05, 3.63) is 61.9 Å². The predicted octanol–water partition coefficient (Wildman–Crippen LogP) is 0.705. The fourth-order valence-electron chi connectivity index (χ4n) is 4.16. The van der Waals surface area contributed by atoms with Gasteiger partial charge in [-0.15, -0.1) is 0 Å². The summed E-state index contributed by atoms with van der Waals surface area (Å²) < 4.78 is 11.5. The van der Waals surface area contributed by atoms with E-state index in [0.717, 1.165) is 12.2 Å². The minimum absolute atomic E-state index is 0.0340. The van der Waals surface area contributed by atoms with Gasteiger partial charge in [-0.25, -0.2) is 4.79 Å². The smallest absolute Gasteiger partial charge is 0.325 e. The second-order valence-corrected chi connectivity index (χ2v) is 7.27. The van der Waals surface area contributed by atoms with Crippen LogP contribution in [-0.4, -0.2) is 47.6 Å². The number of hydrogen-bond donors (Lipinski definition) is 2. The molecular formula is C20H23N3O5. The Morgan fingerprint density at radius 2 is 2.07 bits per heavy atom. The van der Waals surface area contributed by atoms with Crippen molar-refractivity contribution in [1.82, 2.24) is 14.9 Å². The van der Waals surface area contributed by atoms with Gasteiger partial charge in [0, 0.05) is 24.8 Å². The van der Waals surface area contributed by atoms with E-state index in [4.69, 9.17) is 9.47 Å². The molecule has 1 aromatic heterocycles. The lowest BCUT2D eigenvalue weighted by Gasteiger charge is -2.45. The maximum Gasteiger partial charge on any atom is 0.325 e. The molecule has 148 valence electrons. The SMILES string of the molecule is COc1ccc2c(c1)CCOC21CCN(C(=O)Cc2c[nH]c(=O)[nH]c2=O)CC1. The zero-order valence-corrected chi connectivity index (χ0v) is 15.7. The normalized spacial score (nSPS) is 18.0. The monoisotopic (exact) mass is 385 g/mol. The van der Waals surface area contributed by atoms with E-state index in [-0.39, 0.29) is 23.5 Å². The molecule has 1 aromatic carbocycles. The van der Waals surface area contributed by atoms with Crippen molar-refractivity contribution in [2.24, 2.45) is 0 Å². The second-order valence-electron chi connectivity index (χ2n) is 7.27. The van der Waals surface area contributed by atoms with Crippen molar-refractivity contribution in [2.75, 3.05) is 26.8 Å². The molecule has 2 aliphatic rings. The minimum atomic E-state index is -0.578. The first-order valence-corrected chi connectivity index (χ1v) is 9.41. The zero-order chi connectivity index (χ0) is 19.7. The van der Waals surface area contributed by atoms with Crippen molar-refractivity contribution < 1.29 is 14.3 Å². The van der Waals surface area contributed by atoms with Crippen LogP contribution in [0.2, 0.25) is 0 Å². The van der Waals surface area contributed by atoms with Crippen LogP contribution in [0, 0.1) is 0 Å². The number of aromatic amines is 2. The van der Waals surface area contributed by atoms with Gasteiger partial charge in [-0.05, 0) is 42.5 Å².